The van der Waals surface area contributed by atoms with Crippen LogP contribution < -0.4 is 14.4 Å². The summed E-state index contributed by atoms with van der Waals surface area (Å²) < 4.78 is 81.4. The highest BCUT2D eigenvalue weighted by atomic mass is 19.4. The summed E-state index contributed by atoms with van der Waals surface area (Å²) in [5, 5.41) is 0.689. The van der Waals surface area contributed by atoms with Crippen LogP contribution >= 0.6 is 0 Å². The molecule has 14 heteroatoms. The number of pyridine rings is 1. The molecule has 1 aliphatic rings. The third kappa shape index (κ3) is 7.28. The highest BCUT2D eigenvalue weighted by Crippen LogP contribution is 2.39. The number of carbonyl (C=O) groups excluding carboxylic acids is 2. The number of carbonyl (C=O) groups is 2. The number of halogens is 5. The van der Waals surface area contributed by atoms with Crippen molar-refractivity contribution >= 4 is 28.8 Å². The van der Waals surface area contributed by atoms with Crippen molar-refractivity contribution in [1.82, 2.24) is 14.5 Å². The Kier molecular flexibility index (Phi) is 9.07. The number of amides is 2. The number of ether oxygens (including phenoxy) is 3. The summed E-state index contributed by atoms with van der Waals surface area (Å²) in [6.45, 7) is 5.98. The SMILES string of the molecule is COc1ccc(N2CCCN(Cc3ccnc4c3ccn4C(=O)OC(C)(C)C)C2=O)cc1OCCCC(F)(F)C(F)(F)F. The molecule has 234 valence electrons. The molecule has 0 atom stereocenters. The van der Waals surface area contributed by atoms with Crippen LogP contribution in [0.5, 0.6) is 11.5 Å². The molecule has 1 saturated heterocycles. The van der Waals surface area contributed by atoms with Gasteiger partial charge in [0.1, 0.15) is 11.2 Å². The standard InChI is InChI=1S/C29H33F5N4O5/c1-27(2,3)43-26(40)38-15-10-21-19(9-12-35-24(21)38)18-36-13-6-14-37(25(36)39)20-7-8-22(41-4)23(17-20)42-16-5-11-28(30,31)29(32,33)34/h7-10,12,15,17H,5-6,11,13-14,16,18H2,1-4H3. The summed E-state index contributed by atoms with van der Waals surface area (Å²) in [5.74, 6) is -4.47. The minimum Gasteiger partial charge on any atom is -0.493 e. The predicted molar refractivity (Wildman–Crippen MR) is 148 cm³/mol. The van der Waals surface area contributed by atoms with Gasteiger partial charge in [-0.3, -0.25) is 4.90 Å². The fourth-order valence-corrected chi connectivity index (χ4v) is 4.63. The Balaban J connectivity index is 1.48. The zero-order valence-electron chi connectivity index (χ0n) is 24.2. The van der Waals surface area contributed by atoms with Crippen LogP contribution in [0.2, 0.25) is 0 Å². The first kappa shape index (κ1) is 31.8. The van der Waals surface area contributed by atoms with E-state index < -0.39 is 43.2 Å². The summed E-state index contributed by atoms with van der Waals surface area (Å²) in [5.41, 5.74) is 0.931. The molecule has 2 amide bonds. The Morgan fingerprint density at radius 1 is 1.02 bits per heavy atom. The molecule has 0 bridgehead atoms. The Hall–Kier alpha value is -4.10. The molecule has 0 radical (unpaired) electrons. The third-order valence-corrected chi connectivity index (χ3v) is 6.71. The van der Waals surface area contributed by atoms with Crippen LogP contribution in [0.1, 0.15) is 45.6 Å². The Bertz CT molecular complexity index is 1470. The van der Waals surface area contributed by atoms with Crippen molar-refractivity contribution in [3.63, 3.8) is 0 Å². The highest BCUT2D eigenvalue weighted by Gasteiger charge is 2.56. The first-order valence-corrected chi connectivity index (χ1v) is 13.6. The normalized spacial score (nSPS) is 14.8. The second kappa shape index (κ2) is 12.3. The lowest BCUT2D eigenvalue weighted by Gasteiger charge is -2.36. The lowest BCUT2D eigenvalue weighted by Crippen LogP contribution is -2.49. The first-order valence-electron chi connectivity index (χ1n) is 13.6. The van der Waals surface area contributed by atoms with E-state index in [1.165, 1.54) is 28.7 Å². The predicted octanol–water partition coefficient (Wildman–Crippen LogP) is 7.02. The number of rotatable bonds is 9. The number of anilines is 1. The molecule has 9 nitrogen and oxygen atoms in total. The van der Waals surface area contributed by atoms with Crippen molar-refractivity contribution in [3.8, 4) is 11.5 Å². The number of urea groups is 1. The topological polar surface area (TPSA) is 86.1 Å². The molecular formula is C29H33F5N4O5. The van der Waals surface area contributed by atoms with Gasteiger partial charge in [-0.25, -0.2) is 19.1 Å². The van der Waals surface area contributed by atoms with Gasteiger partial charge in [0.15, 0.2) is 11.5 Å². The maximum Gasteiger partial charge on any atom is 0.453 e. The number of benzene rings is 1. The molecule has 1 aromatic carbocycles. The fourth-order valence-electron chi connectivity index (χ4n) is 4.63. The Morgan fingerprint density at radius 3 is 2.44 bits per heavy atom. The highest BCUT2D eigenvalue weighted by molar-refractivity contribution is 5.94. The second-order valence-corrected chi connectivity index (χ2v) is 11.1. The zero-order valence-corrected chi connectivity index (χ0v) is 24.2. The summed E-state index contributed by atoms with van der Waals surface area (Å²) in [6.07, 6.45) is -4.40. The minimum atomic E-state index is -5.63. The van der Waals surface area contributed by atoms with Crippen LogP contribution in [0, 0.1) is 0 Å². The average Bonchev–Trinajstić information content (AvgIpc) is 3.36. The number of nitrogens with zero attached hydrogens (tertiary/aromatic N) is 4. The number of alkyl halides is 5. The molecule has 0 spiro atoms. The molecule has 4 rings (SSSR count). The van der Waals surface area contributed by atoms with E-state index in [9.17, 15) is 31.5 Å². The quantitative estimate of drug-likeness (QED) is 0.191. The molecule has 0 N–H and O–H groups in total. The molecule has 43 heavy (non-hydrogen) atoms. The van der Waals surface area contributed by atoms with Crippen LogP contribution in [-0.2, 0) is 11.3 Å². The lowest BCUT2D eigenvalue weighted by atomic mass is 10.1. The summed E-state index contributed by atoms with van der Waals surface area (Å²) in [7, 11) is 1.36. The first-order chi connectivity index (χ1) is 20.1. The second-order valence-electron chi connectivity index (χ2n) is 11.1. The Labute approximate surface area is 245 Å². The van der Waals surface area contributed by atoms with Crippen molar-refractivity contribution in [2.45, 2.75) is 64.3 Å². The van der Waals surface area contributed by atoms with E-state index >= 15 is 0 Å². The summed E-state index contributed by atoms with van der Waals surface area (Å²) in [4.78, 5) is 33.7. The van der Waals surface area contributed by atoms with E-state index in [0.717, 1.165) is 5.56 Å². The number of hydrogen-bond donors (Lipinski definition) is 0. The largest absolute Gasteiger partial charge is 0.493 e. The van der Waals surface area contributed by atoms with Gasteiger partial charge < -0.3 is 19.1 Å². The van der Waals surface area contributed by atoms with Crippen molar-refractivity contribution in [2.24, 2.45) is 0 Å². The summed E-state index contributed by atoms with van der Waals surface area (Å²) >= 11 is 0. The molecule has 0 unspecified atom stereocenters. The number of aromatic nitrogens is 2. The Morgan fingerprint density at radius 2 is 1.77 bits per heavy atom. The van der Waals surface area contributed by atoms with Gasteiger partial charge in [-0.2, -0.15) is 22.0 Å². The van der Waals surface area contributed by atoms with Crippen LogP contribution in [0.15, 0.2) is 42.7 Å². The van der Waals surface area contributed by atoms with Gasteiger partial charge in [-0.05, 0) is 63.4 Å². The molecule has 0 saturated carbocycles. The van der Waals surface area contributed by atoms with Crippen LogP contribution in [-0.4, -0.2) is 71.1 Å². The van der Waals surface area contributed by atoms with Gasteiger partial charge in [0.2, 0.25) is 0 Å². The smallest absolute Gasteiger partial charge is 0.453 e. The minimum absolute atomic E-state index is 0.111. The lowest BCUT2D eigenvalue weighted by molar-refractivity contribution is -0.284. The van der Waals surface area contributed by atoms with Crippen molar-refractivity contribution < 1.29 is 45.8 Å². The average molecular weight is 613 g/mol. The van der Waals surface area contributed by atoms with E-state index in [1.807, 2.05) is 0 Å². The zero-order chi connectivity index (χ0) is 31.6. The molecule has 1 fully saturated rings. The van der Waals surface area contributed by atoms with Crippen molar-refractivity contribution in [3.05, 3.63) is 48.3 Å². The van der Waals surface area contributed by atoms with E-state index in [0.29, 0.717) is 36.2 Å². The van der Waals surface area contributed by atoms with Crippen molar-refractivity contribution in [1.29, 1.82) is 0 Å². The fraction of sp³-hybridized carbons (Fsp3) is 0.483. The number of fused-ring (bicyclic) bond motifs is 1. The van der Waals surface area contributed by atoms with E-state index in [2.05, 4.69) is 4.98 Å². The van der Waals surface area contributed by atoms with Gasteiger partial charge >= 0.3 is 24.2 Å². The molecule has 3 aromatic rings. The van der Waals surface area contributed by atoms with E-state index in [-0.39, 0.29) is 24.1 Å². The molecular weight excluding hydrogens is 579 g/mol. The van der Waals surface area contributed by atoms with Crippen molar-refractivity contribution in [2.75, 3.05) is 31.7 Å². The molecule has 1 aliphatic heterocycles. The van der Waals surface area contributed by atoms with Gasteiger partial charge in [-0.15, -0.1) is 0 Å². The van der Waals surface area contributed by atoms with Crippen LogP contribution in [0.25, 0.3) is 11.0 Å². The molecule has 3 heterocycles. The molecule has 0 aliphatic carbocycles. The van der Waals surface area contributed by atoms with E-state index in [4.69, 9.17) is 14.2 Å². The van der Waals surface area contributed by atoms with Crippen LogP contribution in [0.3, 0.4) is 0 Å². The number of hydrogen-bond acceptors (Lipinski definition) is 6. The van der Waals surface area contributed by atoms with Gasteiger partial charge in [0.05, 0.1) is 13.7 Å². The maximum absolute atomic E-state index is 13.6. The van der Waals surface area contributed by atoms with Crippen LogP contribution in [0.4, 0.5) is 37.2 Å². The van der Waals surface area contributed by atoms with Gasteiger partial charge in [-0.1, -0.05) is 0 Å². The third-order valence-electron chi connectivity index (χ3n) is 6.71. The molecule has 2 aromatic heterocycles. The maximum atomic E-state index is 13.6. The van der Waals surface area contributed by atoms with Gasteiger partial charge in [0.25, 0.3) is 0 Å². The van der Waals surface area contributed by atoms with E-state index in [1.54, 1.807) is 56.3 Å². The summed E-state index contributed by atoms with van der Waals surface area (Å²) in [6, 6.07) is 7.88. The van der Waals surface area contributed by atoms with Gasteiger partial charge in [0, 0.05) is 55.6 Å². The number of methoxy groups -OCH3 is 1. The monoisotopic (exact) mass is 612 g/mol.